The average Bonchev–Trinajstić information content (AvgIpc) is 2.29. The van der Waals surface area contributed by atoms with E-state index in [0.29, 0.717) is 6.61 Å². The lowest BCUT2D eigenvalue weighted by Gasteiger charge is -2.23. The van der Waals surface area contributed by atoms with E-state index in [1.165, 1.54) is 0 Å². The van der Waals surface area contributed by atoms with Gasteiger partial charge in [-0.25, -0.2) is 9.79 Å². The number of allylic oxidation sites excluding steroid dienone is 2. The maximum Gasteiger partial charge on any atom is 0.335 e. The van der Waals surface area contributed by atoms with Gasteiger partial charge in [-0.05, 0) is 25.2 Å². The normalized spacial score (nSPS) is 22.3. The molecule has 2 heterocycles. The van der Waals surface area contributed by atoms with Crippen LogP contribution in [0.15, 0.2) is 41.7 Å². The van der Waals surface area contributed by atoms with E-state index in [2.05, 4.69) is 4.99 Å². The third-order valence-electron chi connectivity index (χ3n) is 2.10. The van der Waals surface area contributed by atoms with E-state index < -0.39 is 6.04 Å². The van der Waals surface area contributed by atoms with E-state index in [4.69, 9.17) is 4.74 Å². The molecule has 0 aromatic rings. The van der Waals surface area contributed by atoms with Crippen LogP contribution < -0.4 is 0 Å². The first-order valence-corrected chi connectivity index (χ1v) is 4.87. The standard InChI is InChI=1S/C11H12N2O2/c1-2-15-11(14)9-6-8-13-7-4-3-5-10(13)12-9/h3-9H,2H2,1H3. The molecule has 0 aromatic heterocycles. The SMILES string of the molecule is CCOC(=O)C1C=CN2C=CC=CC2=N1. The van der Waals surface area contributed by atoms with Gasteiger partial charge in [0.1, 0.15) is 5.84 Å². The van der Waals surface area contributed by atoms with Crippen LogP contribution in [0, 0.1) is 0 Å². The zero-order valence-electron chi connectivity index (χ0n) is 8.46. The second-order valence-corrected chi connectivity index (χ2v) is 3.13. The Morgan fingerprint density at radius 3 is 3.20 bits per heavy atom. The molecule has 2 aliphatic rings. The Hall–Kier alpha value is -1.84. The fourth-order valence-corrected chi connectivity index (χ4v) is 1.40. The number of ether oxygens (including phenoxy) is 1. The minimum Gasteiger partial charge on any atom is -0.464 e. The number of fused-ring (bicyclic) bond motifs is 1. The van der Waals surface area contributed by atoms with Gasteiger partial charge in [0.15, 0.2) is 6.04 Å². The molecule has 2 aliphatic heterocycles. The number of aliphatic imine (C=N–C) groups is 1. The third-order valence-corrected chi connectivity index (χ3v) is 2.10. The van der Waals surface area contributed by atoms with Gasteiger partial charge in [-0.1, -0.05) is 6.08 Å². The first-order chi connectivity index (χ1) is 7.31. The lowest BCUT2D eigenvalue weighted by Crippen LogP contribution is -2.30. The molecular weight excluding hydrogens is 192 g/mol. The Morgan fingerprint density at radius 2 is 2.40 bits per heavy atom. The molecule has 0 aromatic carbocycles. The lowest BCUT2D eigenvalue weighted by molar-refractivity contribution is -0.143. The molecule has 2 rings (SSSR count). The van der Waals surface area contributed by atoms with Crippen molar-refractivity contribution >= 4 is 11.8 Å². The van der Waals surface area contributed by atoms with Crippen molar-refractivity contribution in [1.29, 1.82) is 0 Å². The van der Waals surface area contributed by atoms with Crippen LogP contribution >= 0.6 is 0 Å². The van der Waals surface area contributed by atoms with Gasteiger partial charge in [-0.2, -0.15) is 0 Å². The molecule has 4 nitrogen and oxygen atoms in total. The summed E-state index contributed by atoms with van der Waals surface area (Å²) in [6.07, 6.45) is 11.1. The van der Waals surface area contributed by atoms with Gasteiger partial charge < -0.3 is 9.64 Å². The van der Waals surface area contributed by atoms with Gasteiger partial charge in [0, 0.05) is 12.4 Å². The molecule has 1 unspecified atom stereocenters. The predicted molar refractivity (Wildman–Crippen MR) is 57.1 cm³/mol. The summed E-state index contributed by atoms with van der Waals surface area (Å²) in [5.74, 6) is 0.460. The van der Waals surface area contributed by atoms with E-state index in [9.17, 15) is 4.79 Å². The molecule has 15 heavy (non-hydrogen) atoms. The summed E-state index contributed by atoms with van der Waals surface area (Å²) in [7, 11) is 0. The maximum absolute atomic E-state index is 11.4. The Bertz CT molecular complexity index is 380. The van der Waals surface area contributed by atoms with Gasteiger partial charge in [-0.15, -0.1) is 0 Å². The first kappa shape index (κ1) is 9.71. The molecule has 1 atom stereocenters. The third kappa shape index (κ3) is 1.98. The molecule has 0 aliphatic carbocycles. The summed E-state index contributed by atoms with van der Waals surface area (Å²) in [6.45, 7) is 2.17. The number of hydrogen-bond acceptors (Lipinski definition) is 4. The first-order valence-electron chi connectivity index (χ1n) is 4.87. The van der Waals surface area contributed by atoms with Gasteiger partial charge in [0.25, 0.3) is 0 Å². The molecule has 0 amide bonds. The van der Waals surface area contributed by atoms with Crippen LogP contribution in [0.5, 0.6) is 0 Å². The smallest absolute Gasteiger partial charge is 0.335 e. The summed E-state index contributed by atoms with van der Waals surface area (Å²) in [5, 5.41) is 0. The second kappa shape index (κ2) is 4.13. The molecule has 4 heteroatoms. The van der Waals surface area contributed by atoms with Gasteiger partial charge in [0.05, 0.1) is 6.61 Å². The number of carbonyl (C=O) groups excluding carboxylic acids is 1. The van der Waals surface area contributed by atoms with Crippen molar-refractivity contribution in [2.45, 2.75) is 13.0 Å². The predicted octanol–water partition coefficient (Wildman–Crippen LogP) is 1.23. The minimum absolute atomic E-state index is 0.302. The summed E-state index contributed by atoms with van der Waals surface area (Å²) >= 11 is 0. The minimum atomic E-state index is -0.507. The molecule has 0 spiro atoms. The van der Waals surface area contributed by atoms with Crippen molar-refractivity contribution in [3.8, 4) is 0 Å². The summed E-state index contributed by atoms with van der Waals surface area (Å²) in [5.41, 5.74) is 0. The van der Waals surface area contributed by atoms with E-state index in [-0.39, 0.29) is 5.97 Å². The largest absolute Gasteiger partial charge is 0.464 e. The van der Waals surface area contributed by atoms with Gasteiger partial charge in [-0.3, -0.25) is 0 Å². The number of hydrogen-bond donors (Lipinski definition) is 0. The Balaban J connectivity index is 2.13. The Kier molecular flexibility index (Phi) is 2.67. The van der Waals surface area contributed by atoms with Crippen molar-refractivity contribution in [3.05, 3.63) is 36.7 Å². The van der Waals surface area contributed by atoms with Crippen molar-refractivity contribution < 1.29 is 9.53 Å². The molecule has 0 N–H and O–H groups in total. The Morgan fingerprint density at radius 1 is 1.53 bits per heavy atom. The van der Waals surface area contributed by atoms with Crippen LogP contribution in [-0.2, 0) is 9.53 Å². The van der Waals surface area contributed by atoms with Crippen molar-refractivity contribution in [3.63, 3.8) is 0 Å². The van der Waals surface area contributed by atoms with Gasteiger partial charge in [0.2, 0.25) is 0 Å². The van der Waals surface area contributed by atoms with Crippen LogP contribution in [0.3, 0.4) is 0 Å². The van der Waals surface area contributed by atoms with Gasteiger partial charge >= 0.3 is 5.97 Å². The summed E-state index contributed by atoms with van der Waals surface area (Å²) in [6, 6.07) is -0.507. The highest BCUT2D eigenvalue weighted by Crippen LogP contribution is 2.12. The number of carbonyl (C=O) groups is 1. The maximum atomic E-state index is 11.4. The lowest BCUT2D eigenvalue weighted by atomic mass is 10.2. The van der Waals surface area contributed by atoms with Crippen LogP contribution in [0.25, 0.3) is 0 Å². The van der Waals surface area contributed by atoms with Crippen LogP contribution in [-0.4, -0.2) is 29.4 Å². The fourth-order valence-electron chi connectivity index (χ4n) is 1.40. The van der Waals surface area contributed by atoms with Crippen LogP contribution in [0.1, 0.15) is 6.92 Å². The molecule has 0 fully saturated rings. The Labute approximate surface area is 88.2 Å². The zero-order chi connectivity index (χ0) is 10.7. The van der Waals surface area contributed by atoms with E-state index in [0.717, 1.165) is 5.84 Å². The number of nitrogens with zero attached hydrogens (tertiary/aromatic N) is 2. The highest BCUT2D eigenvalue weighted by Gasteiger charge is 2.21. The topological polar surface area (TPSA) is 41.9 Å². The van der Waals surface area contributed by atoms with Crippen molar-refractivity contribution in [1.82, 2.24) is 4.90 Å². The molecule has 0 saturated carbocycles. The molecule has 0 radical (unpaired) electrons. The van der Waals surface area contributed by atoms with Crippen molar-refractivity contribution in [2.75, 3.05) is 6.61 Å². The summed E-state index contributed by atoms with van der Waals surface area (Å²) in [4.78, 5) is 17.6. The van der Waals surface area contributed by atoms with E-state index in [1.807, 2.05) is 35.5 Å². The van der Waals surface area contributed by atoms with E-state index >= 15 is 0 Å². The molecular formula is C11H12N2O2. The highest BCUT2D eigenvalue weighted by atomic mass is 16.5. The fraction of sp³-hybridized carbons (Fsp3) is 0.273. The van der Waals surface area contributed by atoms with Crippen molar-refractivity contribution in [2.24, 2.45) is 4.99 Å². The highest BCUT2D eigenvalue weighted by molar-refractivity contribution is 5.98. The monoisotopic (exact) mass is 204 g/mol. The number of amidine groups is 1. The summed E-state index contributed by atoms with van der Waals surface area (Å²) < 4.78 is 4.90. The van der Waals surface area contributed by atoms with E-state index in [1.54, 1.807) is 13.0 Å². The second-order valence-electron chi connectivity index (χ2n) is 3.13. The zero-order valence-corrected chi connectivity index (χ0v) is 8.46. The van der Waals surface area contributed by atoms with Crippen LogP contribution in [0.4, 0.5) is 0 Å². The number of esters is 1. The average molecular weight is 204 g/mol. The molecule has 0 saturated heterocycles. The number of rotatable bonds is 2. The molecule has 0 bridgehead atoms. The quantitative estimate of drug-likeness (QED) is 0.635. The molecule has 78 valence electrons. The van der Waals surface area contributed by atoms with Crippen LogP contribution in [0.2, 0.25) is 0 Å².